The molecule has 1 heterocycles. The molecule has 2 N–H and O–H groups in total. The minimum Gasteiger partial charge on any atom is -0.344 e. The first-order valence-corrected chi connectivity index (χ1v) is 10.6. The van der Waals surface area contributed by atoms with E-state index in [0.717, 1.165) is 22.7 Å². The Morgan fingerprint density at radius 1 is 0.971 bits per heavy atom. The average Bonchev–Trinajstić information content (AvgIpc) is 2.79. The SMILES string of the molecule is C[C@H](NC(=O)Cc1cc(F)cc(F)c1)C(=O)N(C(=O)CNCc1ccccn1)c1ccccc1. The zero-order valence-electron chi connectivity index (χ0n) is 18.5. The number of imide groups is 1. The van der Waals surface area contributed by atoms with Crippen LogP contribution in [0.25, 0.3) is 0 Å². The number of nitrogens with one attached hydrogen (secondary N) is 2. The highest BCUT2D eigenvalue weighted by Crippen LogP contribution is 2.15. The van der Waals surface area contributed by atoms with E-state index in [9.17, 15) is 23.2 Å². The number of halogens is 2. The van der Waals surface area contributed by atoms with Gasteiger partial charge in [0.05, 0.1) is 24.3 Å². The molecule has 0 fully saturated rings. The summed E-state index contributed by atoms with van der Waals surface area (Å²) in [4.78, 5) is 43.6. The average molecular weight is 466 g/mol. The number of amides is 3. The molecule has 2 aromatic carbocycles. The zero-order valence-corrected chi connectivity index (χ0v) is 18.5. The maximum atomic E-state index is 13.4. The summed E-state index contributed by atoms with van der Waals surface area (Å²) in [5.74, 6) is -3.37. The molecule has 7 nitrogen and oxygen atoms in total. The Morgan fingerprint density at radius 3 is 2.29 bits per heavy atom. The predicted molar refractivity (Wildman–Crippen MR) is 123 cm³/mol. The van der Waals surface area contributed by atoms with E-state index in [1.165, 1.54) is 6.92 Å². The number of nitrogens with zero attached hydrogens (tertiary/aromatic N) is 2. The van der Waals surface area contributed by atoms with Crippen molar-refractivity contribution < 1.29 is 23.2 Å². The Kier molecular flexibility index (Phi) is 8.53. The summed E-state index contributed by atoms with van der Waals surface area (Å²) in [6.07, 6.45) is 1.32. The second-order valence-electron chi connectivity index (χ2n) is 7.57. The lowest BCUT2D eigenvalue weighted by Crippen LogP contribution is -2.51. The molecule has 34 heavy (non-hydrogen) atoms. The van der Waals surface area contributed by atoms with Gasteiger partial charge in [0.2, 0.25) is 11.8 Å². The van der Waals surface area contributed by atoms with Crippen LogP contribution in [0.4, 0.5) is 14.5 Å². The minimum absolute atomic E-state index is 0.129. The summed E-state index contributed by atoms with van der Waals surface area (Å²) in [5, 5.41) is 5.46. The normalized spacial score (nSPS) is 11.5. The summed E-state index contributed by atoms with van der Waals surface area (Å²) in [7, 11) is 0. The van der Waals surface area contributed by atoms with Crippen molar-refractivity contribution in [3.8, 4) is 0 Å². The van der Waals surface area contributed by atoms with Crippen LogP contribution >= 0.6 is 0 Å². The van der Waals surface area contributed by atoms with Crippen LogP contribution in [0.15, 0.2) is 72.9 Å². The van der Waals surface area contributed by atoms with Crippen molar-refractivity contribution >= 4 is 23.4 Å². The number of rotatable bonds is 9. The van der Waals surface area contributed by atoms with E-state index in [0.29, 0.717) is 18.3 Å². The topological polar surface area (TPSA) is 91.4 Å². The van der Waals surface area contributed by atoms with Crippen LogP contribution in [0.5, 0.6) is 0 Å². The van der Waals surface area contributed by atoms with Crippen molar-refractivity contribution in [3.05, 3.63) is 95.8 Å². The molecule has 3 amide bonds. The molecular weight excluding hydrogens is 442 g/mol. The lowest BCUT2D eigenvalue weighted by Gasteiger charge is -2.25. The number of para-hydroxylation sites is 1. The molecule has 3 aromatic rings. The largest absolute Gasteiger partial charge is 0.344 e. The number of aromatic nitrogens is 1. The highest BCUT2D eigenvalue weighted by Gasteiger charge is 2.28. The molecule has 0 aliphatic rings. The molecule has 0 radical (unpaired) electrons. The number of carbonyl (C=O) groups is 3. The molecule has 0 saturated carbocycles. The summed E-state index contributed by atoms with van der Waals surface area (Å²) in [6, 6.07) is 15.5. The van der Waals surface area contributed by atoms with Gasteiger partial charge in [-0.1, -0.05) is 24.3 Å². The van der Waals surface area contributed by atoms with Gasteiger partial charge in [-0.25, -0.2) is 13.7 Å². The van der Waals surface area contributed by atoms with Gasteiger partial charge < -0.3 is 10.6 Å². The first kappa shape index (κ1) is 24.7. The predicted octanol–water partition coefficient (Wildman–Crippen LogP) is 2.76. The lowest BCUT2D eigenvalue weighted by atomic mass is 10.1. The van der Waals surface area contributed by atoms with Crippen molar-refractivity contribution in [2.24, 2.45) is 0 Å². The summed E-state index contributed by atoms with van der Waals surface area (Å²) in [6.45, 7) is 1.64. The molecule has 3 rings (SSSR count). The quantitative estimate of drug-likeness (QED) is 0.506. The van der Waals surface area contributed by atoms with E-state index < -0.39 is 35.4 Å². The first-order valence-electron chi connectivity index (χ1n) is 10.6. The summed E-state index contributed by atoms with van der Waals surface area (Å²) >= 11 is 0. The number of hydrogen-bond acceptors (Lipinski definition) is 5. The maximum absolute atomic E-state index is 13.4. The molecule has 1 aromatic heterocycles. The fourth-order valence-electron chi connectivity index (χ4n) is 3.30. The van der Waals surface area contributed by atoms with E-state index in [4.69, 9.17) is 0 Å². The van der Waals surface area contributed by atoms with Gasteiger partial charge in [0, 0.05) is 18.8 Å². The van der Waals surface area contributed by atoms with Crippen LogP contribution in [0.2, 0.25) is 0 Å². The van der Waals surface area contributed by atoms with Crippen LogP contribution in [0.1, 0.15) is 18.2 Å². The number of carbonyl (C=O) groups excluding carboxylic acids is 3. The van der Waals surface area contributed by atoms with Gasteiger partial charge >= 0.3 is 0 Å². The van der Waals surface area contributed by atoms with Gasteiger partial charge in [0.15, 0.2) is 0 Å². The van der Waals surface area contributed by atoms with Gasteiger partial charge in [-0.2, -0.15) is 0 Å². The highest BCUT2D eigenvalue weighted by atomic mass is 19.1. The second-order valence-corrected chi connectivity index (χ2v) is 7.57. The molecule has 1 atom stereocenters. The molecule has 0 unspecified atom stereocenters. The van der Waals surface area contributed by atoms with E-state index in [1.807, 2.05) is 6.07 Å². The fraction of sp³-hybridized carbons (Fsp3) is 0.200. The van der Waals surface area contributed by atoms with Crippen LogP contribution in [-0.4, -0.2) is 35.3 Å². The molecule has 9 heteroatoms. The van der Waals surface area contributed by atoms with Gasteiger partial charge in [0.25, 0.3) is 5.91 Å². The number of anilines is 1. The third-order valence-corrected chi connectivity index (χ3v) is 4.83. The van der Waals surface area contributed by atoms with Gasteiger partial charge in [-0.15, -0.1) is 0 Å². The van der Waals surface area contributed by atoms with E-state index in [1.54, 1.807) is 48.7 Å². The summed E-state index contributed by atoms with van der Waals surface area (Å²) < 4.78 is 26.8. The van der Waals surface area contributed by atoms with Gasteiger partial charge in [0.1, 0.15) is 17.7 Å². The van der Waals surface area contributed by atoms with Crippen molar-refractivity contribution in [2.75, 3.05) is 11.4 Å². The lowest BCUT2D eigenvalue weighted by molar-refractivity contribution is -0.130. The van der Waals surface area contributed by atoms with E-state index >= 15 is 0 Å². The Balaban J connectivity index is 1.66. The molecule has 0 spiro atoms. The van der Waals surface area contributed by atoms with Crippen molar-refractivity contribution in [1.29, 1.82) is 0 Å². The Hall–Kier alpha value is -3.98. The van der Waals surface area contributed by atoms with Crippen molar-refractivity contribution in [1.82, 2.24) is 15.6 Å². The first-order chi connectivity index (χ1) is 16.3. The Labute approximate surface area is 195 Å². The van der Waals surface area contributed by atoms with Crippen molar-refractivity contribution in [3.63, 3.8) is 0 Å². The van der Waals surface area contributed by atoms with E-state index in [-0.39, 0.29) is 18.5 Å². The molecule has 0 saturated heterocycles. The molecule has 0 aliphatic heterocycles. The molecule has 0 aliphatic carbocycles. The third kappa shape index (κ3) is 7.01. The number of hydrogen-bond donors (Lipinski definition) is 2. The Morgan fingerprint density at radius 2 is 1.65 bits per heavy atom. The van der Waals surface area contributed by atoms with Gasteiger partial charge in [-0.3, -0.25) is 19.4 Å². The monoisotopic (exact) mass is 466 g/mol. The standard InChI is InChI=1S/C25H24F2N4O3/c1-17(30-23(32)13-18-11-19(26)14-20(27)12-18)25(34)31(22-8-3-2-4-9-22)24(33)16-28-15-21-7-5-6-10-29-21/h2-12,14,17,28H,13,15-16H2,1H3,(H,30,32)/t17-/m0/s1. The molecule has 176 valence electrons. The van der Waals surface area contributed by atoms with Crippen LogP contribution in [-0.2, 0) is 27.3 Å². The maximum Gasteiger partial charge on any atom is 0.256 e. The van der Waals surface area contributed by atoms with Crippen LogP contribution in [0.3, 0.4) is 0 Å². The molecular formula is C25H24F2N4O3. The zero-order chi connectivity index (χ0) is 24.5. The second kappa shape index (κ2) is 11.8. The van der Waals surface area contributed by atoms with Crippen molar-refractivity contribution in [2.45, 2.75) is 25.9 Å². The molecule has 0 bridgehead atoms. The Bertz CT molecular complexity index is 1120. The highest BCUT2D eigenvalue weighted by molar-refractivity contribution is 6.17. The van der Waals surface area contributed by atoms with E-state index in [2.05, 4.69) is 15.6 Å². The third-order valence-electron chi connectivity index (χ3n) is 4.83. The number of benzene rings is 2. The summed E-state index contributed by atoms with van der Waals surface area (Å²) in [5.41, 5.74) is 1.22. The van der Waals surface area contributed by atoms with Crippen LogP contribution < -0.4 is 15.5 Å². The minimum atomic E-state index is -1.06. The fourth-order valence-corrected chi connectivity index (χ4v) is 3.30. The number of pyridine rings is 1. The van der Waals surface area contributed by atoms with Gasteiger partial charge in [-0.05, 0) is 48.9 Å². The smallest absolute Gasteiger partial charge is 0.256 e. The van der Waals surface area contributed by atoms with Crippen LogP contribution in [0, 0.1) is 11.6 Å².